The van der Waals surface area contributed by atoms with E-state index in [9.17, 15) is 9.59 Å². The van der Waals surface area contributed by atoms with Crippen molar-refractivity contribution >= 4 is 40.9 Å². The fourth-order valence-corrected chi connectivity index (χ4v) is 3.81. The van der Waals surface area contributed by atoms with Gasteiger partial charge in [0.05, 0.1) is 16.3 Å². The van der Waals surface area contributed by atoms with Gasteiger partial charge in [0.2, 0.25) is 5.91 Å². The van der Waals surface area contributed by atoms with Crippen LogP contribution < -0.4 is 10.6 Å². The lowest BCUT2D eigenvalue weighted by atomic mass is 10.1. The molecule has 0 radical (unpaired) electrons. The van der Waals surface area contributed by atoms with Gasteiger partial charge in [-0.3, -0.25) is 9.59 Å². The summed E-state index contributed by atoms with van der Waals surface area (Å²) in [6.45, 7) is 0. The van der Waals surface area contributed by atoms with Gasteiger partial charge in [-0.25, -0.2) is 0 Å². The van der Waals surface area contributed by atoms with Crippen molar-refractivity contribution in [1.29, 1.82) is 0 Å². The summed E-state index contributed by atoms with van der Waals surface area (Å²) >= 11 is 7.44. The van der Waals surface area contributed by atoms with Crippen LogP contribution in [0.3, 0.4) is 0 Å². The van der Waals surface area contributed by atoms with Gasteiger partial charge in [-0.1, -0.05) is 35.5 Å². The van der Waals surface area contributed by atoms with Gasteiger partial charge in [0.1, 0.15) is 0 Å². The van der Waals surface area contributed by atoms with Gasteiger partial charge >= 0.3 is 0 Å². The van der Waals surface area contributed by atoms with Crippen LogP contribution in [0.5, 0.6) is 0 Å². The van der Waals surface area contributed by atoms with Crippen molar-refractivity contribution in [3.8, 4) is 11.4 Å². The number of anilines is 1. The molecule has 7 nitrogen and oxygen atoms in total. The van der Waals surface area contributed by atoms with Gasteiger partial charge in [0.15, 0.2) is 11.0 Å². The first-order valence-electron chi connectivity index (χ1n) is 9.49. The second-order valence-corrected chi connectivity index (χ2v) is 8.36. The number of nitrogens with zero attached hydrogens (tertiary/aromatic N) is 3. The Kier molecular flexibility index (Phi) is 6.06. The van der Waals surface area contributed by atoms with E-state index in [1.54, 1.807) is 36.4 Å². The second kappa shape index (κ2) is 8.89. The molecule has 0 bridgehead atoms. The van der Waals surface area contributed by atoms with Crippen LogP contribution in [0, 0.1) is 0 Å². The SMILES string of the molecule is Cn1c(SCC(=O)NC2CC2)nnc1-c1ccc(NC(=O)c2ccccc2Cl)cc1. The first-order chi connectivity index (χ1) is 14.5. The van der Waals surface area contributed by atoms with Crippen molar-refractivity contribution < 1.29 is 9.59 Å². The summed E-state index contributed by atoms with van der Waals surface area (Å²) in [4.78, 5) is 24.3. The molecule has 30 heavy (non-hydrogen) atoms. The highest BCUT2D eigenvalue weighted by Crippen LogP contribution is 2.25. The van der Waals surface area contributed by atoms with Crippen LogP contribution in [0.15, 0.2) is 53.7 Å². The van der Waals surface area contributed by atoms with E-state index in [2.05, 4.69) is 20.8 Å². The van der Waals surface area contributed by atoms with Crippen LogP contribution in [0.2, 0.25) is 5.02 Å². The molecule has 1 aliphatic carbocycles. The molecule has 3 aromatic rings. The molecule has 0 atom stereocenters. The Morgan fingerprint density at radius 1 is 1.13 bits per heavy atom. The van der Waals surface area contributed by atoms with Crippen molar-refractivity contribution in [3.63, 3.8) is 0 Å². The molecule has 4 rings (SSSR count). The van der Waals surface area contributed by atoms with Crippen LogP contribution in [0.4, 0.5) is 5.69 Å². The normalized spacial score (nSPS) is 13.1. The summed E-state index contributed by atoms with van der Waals surface area (Å²) in [5, 5.41) is 15.3. The molecular weight excluding hydrogens is 422 g/mol. The maximum Gasteiger partial charge on any atom is 0.257 e. The number of carbonyl (C=O) groups is 2. The van der Waals surface area contributed by atoms with E-state index in [0.717, 1.165) is 18.4 Å². The van der Waals surface area contributed by atoms with Gasteiger partial charge in [-0.2, -0.15) is 0 Å². The largest absolute Gasteiger partial charge is 0.353 e. The Morgan fingerprint density at radius 2 is 1.87 bits per heavy atom. The number of halogens is 1. The maximum atomic E-state index is 12.4. The monoisotopic (exact) mass is 441 g/mol. The molecule has 2 N–H and O–H groups in total. The Balaban J connectivity index is 1.40. The fourth-order valence-electron chi connectivity index (χ4n) is 2.87. The van der Waals surface area contributed by atoms with Gasteiger partial charge in [-0.05, 0) is 49.2 Å². The number of amides is 2. The third-order valence-electron chi connectivity index (χ3n) is 4.63. The minimum absolute atomic E-state index is 0.0191. The number of benzene rings is 2. The number of aromatic nitrogens is 3. The number of nitrogens with one attached hydrogen (secondary N) is 2. The summed E-state index contributed by atoms with van der Waals surface area (Å²) in [5.74, 6) is 0.750. The predicted molar refractivity (Wildman–Crippen MR) is 118 cm³/mol. The summed E-state index contributed by atoms with van der Waals surface area (Å²) in [6.07, 6.45) is 2.14. The molecule has 2 aromatic carbocycles. The zero-order valence-corrected chi connectivity index (χ0v) is 17.8. The fraction of sp³-hybridized carbons (Fsp3) is 0.238. The van der Waals surface area contributed by atoms with E-state index < -0.39 is 0 Å². The Labute approximate surface area is 183 Å². The molecule has 1 saturated carbocycles. The zero-order chi connectivity index (χ0) is 21.1. The molecule has 154 valence electrons. The van der Waals surface area contributed by atoms with E-state index in [4.69, 9.17) is 11.6 Å². The first kappa shape index (κ1) is 20.4. The zero-order valence-electron chi connectivity index (χ0n) is 16.3. The highest BCUT2D eigenvalue weighted by Gasteiger charge is 2.23. The van der Waals surface area contributed by atoms with Gasteiger partial charge in [-0.15, -0.1) is 10.2 Å². The smallest absolute Gasteiger partial charge is 0.257 e. The highest BCUT2D eigenvalue weighted by atomic mass is 35.5. The molecule has 0 saturated heterocycles. The molecule has 1 aliphatic rings. The summed E-state index contributed by atoms with van der Waals surface area (Å²) in [7, 11) is 1.86. The van der Waals surface area contributed by atoms with E-state index in [1.165, 1.54) is 11.8 Å². The van der Waals surface area contributed by atoms with Gasteiger partial charge in [0, 0.05) is 24.3 Å². The molecule has 0 unspecified atom stereocenters. The van der Waals surface area contributed by atoms with Crippen LogP contribution in [0.25, 0.3) is 11.4 Å². The Morgan fingerprint density at radius 3 is 2.57 bits per heavy atom. The highest BCUT2D eigenvalue weighted by molar-refractivity contribution is 7.99. The summed E-state index contributed by atoms with van der Waals surface area (Å²) < 4.78 is 1.85. The second-order valence-electron chi connectivity index (χ2n) is 7.01. The van der Waals surface area contributed by atoms with Gasteiger partial charge in [0.25, 0.3) is 5.91 Å². The van der Waals surface area contributed by atoms with Crippen molar-refractivity contribution in [1.82, 2.24) is 20.1 Å². The standard InChI is InChI=1S/C21H20ClN5O2S/c1-27-19(25-26-21(27)30-12-18(28)23-14-10-11-14)13-6-8-15(9-7-13)24-20(29)16-4-2-3-5-17(16)22/h2-9,14H,10-12H2,1H3,(H,23,28)(H,24,29). The van der Waals surface area contributed by atoms with Crippen molar-refractivity contribution in [2.75, 3.05) is 11.1 Å². The lowest BCUT2D eigenvalue weighted by Crippen LogP contribution is -2.27. The minimum atomic E-state index is -0.268. The molecule has 0 aliphatic heterocycles. The van der Waals surface area contributed by atoms with Gasteiger partial charge < -0.3 is 15.2 Å². The van der Waals surface area contributed by atoms with E-state index >= 15 is 0 Å². The van der Waals surface area contributed by atoms with Crippen molar-refractivity contribution in [2.45, 2.75) is 24.0 Å². The topological polar surface area (TPSA) is 88.9 Å². The third-order valence-corrected chi connectivity index (χ3v) is 5.98. The molecule has 1 heterocycles. The van der Waals surface area contributed by atoms with Crippen LogP contribution in [-0.4, -0.2) is 38.4 Å². The minimum Gasteiger partial charge on any atom is -0.353 e. The number of thioether (sulfide) groups is 1. The molecule has 1 aromatic heterocycles. The van der Waals surface area contributed by atoms with Crippen molar-refractivity contribution in [3.05, 3.63) is 59.1 Å². The summed E-state index contributed by atoms with van der Waals surface area (Å²) in [6, 6.07) is 14.6. The third kappa shape index (κ3) is 4.83. The first-order valence-corrected chi connectivity index (χ1v) is 10.9. The van der Waals surface area contributed by atoms with E-state index in [1.807, 2.05) is 23.7 Å². The quantitative estimate of drug-likeness (QED) is 0.545. The van der Waals surface area contributed by atoms with Crippen LogP contribution >= 0.6 is 23.4 Å². The van der Waals surface area contributed by atoms with E-state index in [-0.39, 0.29) is 11.8 Å². The molecule has 0 spiro atoms. The number of carbonyl (C=O) groups excluding carboxylic acids is 2. The van der Waals surface area contributed by atoms with E-state index in [0.29, 0.717) is 39.0 Å². The maximum absolute atomic E-state index is 12.4. The molecule has 2 amide bonds. The predicted octanol–water partition coefficient (Wildman–Crippen LogP) is 3.76. The number of hydrogen-bond acceptors (Lipinski definition) is 5. The van der Waals surface area contributed by atoms with Crippen molar-refractivity contribution in [2.24, 2.45) is 7.05 Å². The lowest BCUT2D eigenvalue weighted by molar-refractivity contribution is -0.118. The average molecular weight is 442 g/mol. The Hall–Kier alpha value is -2.84. The molecular formula is C21H20ClN5O2S. The van der Waals surface area contributed by atoms with Crippen LogP contribution in [0.1, 0.15) is 23.2 Å². The lowest BCUT2D eigenvalue weighted by Gasteiger charge is -2.08. The number of hydrogen-bond donors (Lipinski definition) is 2. The van der Waals surface area contributed by atoms with Crippen LogP contribution in [-0.2, 0) is 11.8 Å². The summed E-state index contributed by atoms with van der Waals surface area (Å²) in [5.41, 5.74) is 1.93. The average Bonchev–Trinajstić information content (AvgIpc) is 3.47. The Bertz CT molecular complexity index is 1080. The number of rotatable bonds is 7. The molecule has 9 heteroatoms. The molecule has 1 fully saturated rings.